The van der Waals surface area contributed by atoms with Crippen LogP contribution in [0.5, 0.6) is 0 Å². The molecule has 30 heavy (non-hydrogen) atoms. The topological polar surface area (TPSA) is 110 Å². The maximum absolute atomic E-state index is 11.0. The highest BCUT2D eigenvalue weighted by molar-refractivity contribution is 7.46. The smallest absolute Gasteiger partial charge is 0.390 e. The zero-order valence-corrected chi connectivity index (χ0v) is 19.5. The van der Waals surface area contributed by atoms with Crippen LogP contribution in [0.1, 0.15) is 70.6 Å². The first-order valence-corrected chi connectivity index (χ1v) is 12.2. The van der Waals surface area contributed by atoms with E-state index >= 15 is 0 Å². The summed E-state index contributed by atoms with van der Waals surface area (Å²) in [6, 6.07) is 7.49. The lowest BCUT2D eigenvalue weighted by molar-refractivity contribution is -0.0130. The molecule has 1 aromatic rings. The van der Waals surface area contributed by atoms with Gasteiger partial charge in [-0.15, -0.1) is 0 Å². The highest BCUT2D eigenvalue weighted by Gasteiger charge is 2.30. The third-order valence-electron chi connectivity index (χ3n) is 6.21. The third-order valence-corrected chi connectivity index (χ3v) is 6.67. The Morgan fingerprint density at radius 1 is 1.13 bits per heavy atom. The molecule has 1 heterocycles. The Kier molecular flexibility index (Phi) is 8.68. The fourth-order valence-corrected chi connectivity index (χ4v) is 4.51. The molecule has 8 heteroatoms. The molecule has 7 nitrogen and oxygen atoms in total. The summed E-state index contributed by atoms with van der Waals surface area (Å²) in [5.74, 6) is 0.356. The van der Waals surface area contributed by atoms with Crippen LogP contribution in [0.15, 0.2) is 24.3 Å². The van der Waals surface area contributed by atoms with E-state index in [-0.39, 0.29) is 6.61 Å². The van der Waals surface area contributed by atoms with Gasteiger partial charge in [0.05, 0.1) is 18.3 Å². The molecule has 4 N–H and O–H groups in total. The monoisotopic (exact) mass is 443 g/mol. The summed E-state index contributed by atoms with van der Waals surface area (Å²) >= 11 is 0. The second-order valence-corrected chi connectivity index (χ2v) is 10.9. The number of likely N-dealkylation sites (tertiary alicyclic amines) is 1. The molecule has 1 aliphatic heterocycles. The SMILES string of the molecule is CC(C)(COP(=O)(O)O)c1ccc(C(O)CCCN2CCC(C(C)(C)O)CC2)cc1. The molecule has 2 rings (SSSR count). The fraction of sp³-hybridized carbons (Fsp3) is 0.727. The van der Waals surface area contributed by atoms with E-state index in [0.717, 1.165) is 50.0 Å². The van der Waals surface area contributed by atoms with Gasteiger partial charge in [0.25, 0.3) is 0 Å². The Morgan fingerprint density at radius 2 is 1.70 bits per heavy atom. The van der Waals surface area contributed by atoms with E-state index in [9.17, 15) is 14.8 Å². The van der Waals surface area contributed by atoms with Gasteiger partial charge in [-0.3, -0.25) is 4.52 Å². The minimum absolute atomic E-state index is 0.0939. The van der Waals surface area contributed by atoms with Crippen molar-refractivity contribution in [2.75, 3.05) is 26.2 Å². The zero-order valence-electron chi connectivity index (χ0n) is 18.6. The van der Waals surface area contributed by atoms with Crippen LogP contribution in [-0.4, -0.2) is 56.7 Å². The molecule has 0 spiro atoms. The number of phosphoric ester groups is 1. The van der Waals surface area contributed by atoms with Crippen molar-refractivity contribution in [1.29, 1.82) is 0 Å². The first-order chi connectivity index (χ1) is 13.8. The van der Waals surface area contributed by atoms with E-state index in [1.165, 1.54) is 0 Å². The van der Waals surface area contributed by atoms with E-state index in [1.807, 2.05) is 52.0 Å². The summed E-state index contributed by atoms with van der Waals surface area (Å²) in [5.41, 5.74) is 0.568. The van der Waals surface area contributed by atoms with Crippen molar-refractivity contribution in [2.24, 2.45) is 5.92 Å². The number of hydrogen-bond donors (Lipinski definition) is 4. The number of aliphatic hydroxyl groups excluding tert-OH is 1. The van der Waals surface area contributed by atoms with Gasteiger partial charge in [0.1, 0.15) is 0 Å². The first kappa shape index (κ1) is 25.5. The van der Waals surface area contributed by atoms with Gasteiger partial charge < -0.3 is 24.9 Å². The second kappa shape index (κ2) is 10.2. The molecule has 1 atom stereocenters. The second-order valence-electron chi connectivity index (χ2n) is 9.70. The summed E-state index contributed by atoms with van der Waals surface area (Å²) in [5, 5.41) is 20.7. The van der Waals surface area contributed by atoms with Gasteiger partial charge in [0.15, 0.2) is 0 Å². The maximum atomic E-state index is 11.0. The predicted molar refractivity (Wildman–Crippen MR) is 117 cm³/mol. The minimum atomic E-state index is -4.50. The minimum Gasteiger partial charge on any atom is -0.390 e. The Labute approximate surface area is 180 Å². The highest BCUT2D eigenvalue weighted by Crippen LogP contribution is 2.39. The molecule has 0 aromatic heterocycles. The average Bonchev–Trinajstić information content (AvgIpc) is 2.66. The summed E-state index contributed by atoms with van der Waals surface area (Å²) in [6.45, 7) is 10.3. The molecule has 0 radical (unpaired) electrons. The van der Waals surface area contributed by atoms with E-state index in [4.69, 9.17) is 9.79 Å². The summed E-state index contributed by atoms with van der Waals surface area (Å²) in [4.78, 5) is 20.2. The van der Waals surface area contributed by atoms with Gasteiger partial charge in [0.2, 0.25) is 0 Å². The standard InChI is InChI=1S/C22H38NO6P/c1-21(2,16-29-30(26,27)28)18-9-7-17(8-10-18)20(24)6-5-13-23-14-11-19(12-15-23)22(3,4)25/h7-10,19-20,24-25H,5-6,11-16H2,1-4H3,(H2,26,27,28). The van der Waals surface area contributed by atoms with Gasteiger partial charge >= 0.3 is 7.82 Å². The van der Waals surface area contributed by atoms with Crippen LogP contribution in [0, 0.1) is 5.92 Å². The highest BCUT2D eigenvalue weighted by atomic mass is 31.2. The van der Waals surface area contributed by atoms with E-state index in [0.29, 0.717) is 12.3 Å². The van der Waals surface area contributed by atoms with Crippen molar-refractivity contribution in [3.8, 4) is 0 Å². The molecule has 172 valence electrons. The number of phosphoric acid groups is 1. The van der Waals surface area contributed by atoms with Gasteiger partial charge in [-0.25, -0.2) is 4.57 Å². The van der Waals surface area contributed by atoms with Crippen LogP contribution in [0.4, 0.5) is 0 Å². The molecule has 1 fully saturated rings. The van der Waals surface area contributed by atoms with E-state index in [2.05, 4.69) is 9.42 Å². The van der Waals surface area contributed by atoms with Gasteiger partial charge in [0, 0.05) is 5.41 Å². The summed E-state index contributed by atoms with van der Waals surface area (Å²) < 4.78 is 15.6. The molecule has 1 aromatic carbocycles. The lowest BCUT2D eigenvalue weighted by atomic mass is 9.83. The average molecular weight is 444 g/mol. The lowest BCUT2D eigenvalue weighted by Crippen LogP contribution is -2.42. The van der Waals surface area contributed by atoms with Crippen molar-refractivity contribution in [3.05, 3.63) is 35.4 Å². The number of hydrogen-bond acceptors (Lipinski definition) is 5. The number of benzene rings is 1. The molecule has 0 bridgehead atoms. The Bertz CT molecular complexity index is 701. The van der Waals surface area contributed by atoms with Crippen LogP contribution < -0.4 is 0 Å². The zero-order chi connectivity index (χ0) is 22.6. The third kappa shape index (κ3) is 8.04. The van der Waals surface area contributed by atoms with Gasteiger partial charge in [-0.1, -0.05) is 38.1 Å². The Hall–Kier alpha value is -0.790. The summed E-state index contributed by atoms with van der Waals surface area (Å²) in [7, 11) is -4.50. The van der Waals surface area contributed by atoms with Crippen molar-refractivity contribution in [2.45, 2.75) is 70.5 Å². The Balaban J connectivity index is 1.78. The molecule has 1 unspecified atom stereocenters. The molecular weight excluding hydrogens is 405 g/mol. The molecule has 0 amide bonds. The van der Waals surface area contributed by atoms with Gasteiger partial charge in [-0.2, -0.15) is 0 Å². The van der Waals surface area contributed by atoms with E-state index in [1.54, 1.807) is 0 Å². The molecule has 0 saturated carbocycles. The van der Waals surface area contributed by atoms with Crippen molar-refractivity contribution in [1.82, 2.24) is 4.90 Å². The quantitative estimate of drug-likeness (QED) is 0.410. The van der Waals surface area contributed by atoms with Gasteiger partial charge in [-0.05, 0) is 76.2 Å². The van der Waals surface area contributed by atoms with Crippen LogP contribution in [0.25, 0.3) is 0 Å². The molecule has 0 aliphatic carbocycles. The number of nitrogens with zero attached hydrogens (tertiary/aromatic N) is 1. The molecule has 1 aliphatic rings. The largest absolute Gasteiger partial charge is 0.469 e. The lowest BCUT2D eigenvalue weighted by Gasteiger charge is -2.37. The van der Waals surface area contributed by atoms with Crippen LogP contribution >= 0.6 is 7.82 Å². The van der Waals surface area contributed by atoms with Crippen molar-refractivity contribution in [3.63, 3.8) is 0 Å². The number of rotatable bonds is 10. The maximum Gasteiger partial charge on any atom is 0.469 e. The number of aliphatic hydroxyl groups is 2. The normalized spacial score (nSPS) is 18.5. The van der Waals surface area contributed by atoms with E-state index < -0.39 is 24.9 Å². The summed E-state index contributed by atoms with van der Waals surface area (Å²) in [6.07, 6.45) is 3.06. The molecule has 1 saturated heterocycles. The number of piperidine rings is 1. The van der Waals surface area contributed by atoms with Crippen LogP contribution in [0.2, 0.25) is 0 Å². The predicted octanol–water partition coefficient (Wildman–Crippen LogP) is 3.37. The van der Waals surface area contributed by atoms with Crippen molar-refractivity contribution >= 4 is 7.82 Å². The molecular formula is C22H38NO6P. The first-order valence-electron chi connectivity index (χ1n) is 10.7. The Morgan fingerprint density at radius 3 is 2.20 bits per heavy atom. The fourth-order valence-electron chi connectivity index (χ4n) is 4.02. The van der Waals surface area contributed by atoms with Crippen molar-refractivity contribution < 1.29 is 29.1 Å². The van der Waals surface area contributed by atoms with Crippen LogP contribution in [0.3, 0.4) is 0 Å². The van der Waals surface area contributed by atoms with Crippen LogP contribution in [-0.2, 0) is 14.5 Å².